The van der Waals surface area contributed by atoms with Gasteiger partial charge in [0.2, 0.25) is 0 Å². The number of anilines is 2. The average Bonchev–Trinajstić information content (AvgIpc) is 2.59. The van der Waals surface area contributed by atoms with Gasteiger partial charge < -0.3 is 11.1 Å². The summed E-state index contributed by atoms with van der Waals surface area (Å²) < 4.78 is 14.7. The number of primary amides is 1. The third-order valence-electron chi connectivity index (χ3n) is 3.25. The number of amides is 1. The van der Waals surface area contributed by atoms with E-state index in [0.29, 0.717) is 20.1 Å². The fourth-order valence-corrected chi connectivity index (χ4v) is 2.65. The van der Waals surface area contributed by atoms with E-state index in [0.717, 1.165) is 0 Å². The molecule has 0 aliphatic carbocycles. The lowest BCUT2D eigenvalue weighted by molar-refractivity contribution is 0.100. The maximum absolute atomic E-state index is 14.1. The number of carbonyl (C=O) groups excluding carboxylic acids is 1. The highest BCUT2D eigenvalue weighted by molar-refractivity contribution is 14.1. The summed E-state index contributed by atoms with van der Waals surface area (Å²) in [6.45, 7) is 0. The van der Waals surface area contributed by atoms with Crippen molar-refractivity contribution in [3.63, 3.8) is 0 Å². The molecule has 0 atom stereocenters. The van der Waals surface area contributed by atoms with E-state index in [2.05, 4.69) is 20.3 Å². The van der Waals surface area contributed by atoms with Crippen molar-refractivity contribution in [1.29, 1.82) is 0 Å². The van der Waals surface area contributed by atoms with Crippen LogP contribution in [0.3, 0.4) is 0 Å². The van der Waals surface area contributed by atoms with Crippen molar-refractivity contribution in [3.8, 4) is 11.4 Å². The first kappa shape index (κ1) is 17.5. The Bertz CT molecular complexity index is 969. The Labute approximate surface area is 160 Å². The van der Waals surface area contributed by atoms with Crippen molar-refractivity contribution < 1.29 is 9.18 Å². The van der Waals surface area contributed by atoms with Crippen molar-refractivity contribution in [1.82, 2.24) is 15.0 Å². The molecule has 1 aromatic carbocycles. The fraction of sp³-hybridized carbons (Fsp3) is 0. The molecule has 0 aliphatic rings. The molecule has 3 aromatic rings. The first-order valence-corrected chi connectivity index (χ1v) is 8.40. The lowest BCUT2D eigenvalue weighted by atomic mass is 10.2. The standard InChI is InChI=1S/C16H10ClFIN5O/c17-8-1-2-11(18)9(5-8)15-22-7-12(19)16(24-15)23-13-3-4-21-6-10(13)14(20)25/h1-7H,(H2,20,25)(H,21,22,23,24). The van der Waals surface area contributed by atoms with Gasteiger partial charge in [-0.3, -0.25) is 9.78 Å². The second kappa shape index (κ2) is 7.28. The van der Waals surface area contributed by atoms with Crippen LogP contribution in [0.1, 0.15) is 10.4 Å². The molecule has 2 heterocycles. The Balaban J connectivity index is 2.04. The summed E-state index contributed by atoms with van der Waals surface area (Å²) in [6.07, 6.45) is 4.41. The monoisotopic (exact) mass is 469 g/mol. The first-order valence-electron chi connectivity index (χ1n) is 6.94. The number of nitrogens with zero attached hydrogens (tertiary/aromatic N) is 3. The van der Waals surface area contributed by atoms with Gasteiger partial charge in [-0.25, -0.2) is 14.4 Å². The van der Waals surface area contributed by atoms with Gasteiger partial charge in [-0.1, -0.05) is 11.6 Å². The highest BCUT2D eigenvalue weighted by Crippen LogP contribution is 2.27. The van der Waals surface area contributed by atoms with Crippen LogP contribution >= 0.6 is 34.2 Å². The zero-order valence-electron chi connectivity index (χ0n) is 12.5. The predicted molar refractivity (Wildman–Crippen MR) is 101 cm³/mol. The van der Waals surface area contributed by atoms with E-state index < -0.39 is 11.7 Å². The molecule has 0 saturated carbocycles. The van der Waals surface area contributed by atoms with E-state index in [9.17, 15) is 9.18 Å². The van der Waals surface area contributed by atoms with Gasteiger partial charge in [0.25, 0.3) is 5.91 Å². The zero-order chi connectivity index (χ0) is 18.0. The Morgan fingerprint density at radius 3 is 2.84 bits per heavy atom. The smallest absolute Gasteiger partial charge is 0.252 e. The third-order valence-corrected chi connectivity index (χ3v) is 4.28. The predicted octanol–water partition coefficient (Wildman–Crippen LogP) is 3.78. The molecule has 0 fully saturated rings. The second-order valence-electron chi connectivity index (χ2n) is 4.92. The van der Waals surface area contributed by atoms with E-state index in [1.165, 1.54) is 36.8 Å². The van der Waals surface area contributed by atoms with Gasteiger partial charge in [0, 0.05) is 23.6 Å². The molecule has 6 nitrogen and oxygen atoms in total. The zero-order valence-corrected chi connectivity index (χ0v) is 15.4. The minimum Gasteiger partial charge on any atom is -0.365 e. The lowest BCUT2D eigenvalue weighted by Gasteiger charge is -2.11. The van der Waals surface area contributed by atoms with Crippen LogP contribution in [0.2, 0.25) is 5.02 Å². The number of halogens is 3. The SMILES string of the molecule is NC(=O)c1cnccc1Nc1nc(-c2cc(Cl)ccc2F)ncc1I. The fourth-order valence-electron chi connectivity index (χ4n) is 2.08. The number of nitrogens with two attached hydrogens (primary N) is 1. The molecule has 0 radical (unpaired) electrons. The molecular formula is C16H10ClFIN5O. The molecule has 1 amide bonds. The Morgan fingerprint density at radius 2 is 2.08 bits per heavy atom. The average molecular weight is 470 g/mol. The number of nitrogens with one attached hydrogen (secondary N) is 1. The van der Waals surface area contributed by atoms with Crippen molar-refractivity contribution in [2.24, 2.45) is 5.73 Å². The number of rotatable bonds is 4. The maximum Gasteiger partial charge on any atom is 0.252 e. The van der Waals surface area contributed by atoms with E-state index in [1.807, 2.05) is 22.6 Å². The molecule has 126 valence electrons. The Hall–Kier alpha value is -2.33. The highest BCUT2D eigenvalue weighted by atomic mass is 127. The van der Waals surface area contributed by atoms with Gasteiger partial charge in [0.1, 0.15) is 11.6 Å². The summed E-state index contributed by atoms with van der Waals surface area (Å²) in [5.74, 6) is -0.546. The quantitative estimate of drug-likeness (QED) is 0.567. The minimum absolute atomic E-state index is 0.164. The molecular weight excluding hydrogens is 460 g/mol. The molecule has 0 unspecified atom stereocenters. The van der Waals surface area contributed by atoms with Crippen LogP contribution in [0.15, 0.2) is 42.9 Å². The number of benzene rings is 1. The van der Waals surface area contributed by atoms with Crippen LogP contribution in [0.5, 0.6) is 0 Å². The summed E-state index contributed by atoms with van der Waals surface area (Å²) in [6, 6.07) is 5.74. The van der Waals surface area contributed by atoms with Gasteiger partial charge in [0.05, 0.1) is 20.4 Å². The van der Waals surface area contributed by atoms with Crippen LogP contribution in [0, 0.1) is 9.39 Å². The Kier molecular flexibility index (Phi) is 5.09. The van der Waals surface area contributed by atoms with E-state index in [1.54, 1.807) is 6.07 Å². The molecule has 0 saturated heterocycles. The molecule has 3 N–H and O–H groups in total. The summed E-state index contributed by atoms with van der Waals surface area (Å²) in [7, 11) is 0. The highest BCUT2D eigenvalue weighted by Gasteiger charge is 2.14. The molecule has 0 aliphatic heterocycles. The maximum atomic E-state index is 14.1. The van der Waals surface area contributed by atoms with Crippen LogP contribution in [-0.4, -0.2) is 20.9 Å². The number of hydrogen-bond acceptors (Lipinski definition) is 5. The number of carbonyl (C=O) groups is 1. The normalized spacial score (nSPS) is 10.5. The second-order valence-corrected chi connectivity index (χ2v) is 6.52. The van der Waals surface area contributed by atoms with Crippen molar-refractivity contribution in [2.75, 3.05) is 5.32 Å². The van der Waals surface area contributed by atoms with Crippen LogP contribution in [0.25, 0.3) is 11.4 Å². The van der Waals surface area contributed by atoms with Crippen LogP contribution in [-0.2, 0) is 0 Å². The number of pyridine rings is 1. The van der Waals surface area contributed by atoms with Crippen molar-refractivity contribution in [3.05, 3.63) is 62.8 Å². The van der Waals surface area contributed by atoms with Gasteiger partial charge in [-0.05, 0) is 46.9 Å². The first-order chi connectivity index (χ1) is 12.0. The number of hydrogen-bond donors (Lipinski definition) is 2. The molecule has 3 rings (SSSR count). The largest absolute Gasteiger partial charge is 0.365 e. The molecule has 25 heavy (non-hydrogen) atoms. The summed E-state index contributed by atoms with van der Waals surface area (Å²) in [4.78, 5) is 23.9. The van der Waals surface area contributed by atoms with E-state index >= 15 is 0 Å². The summed E-state index contributed by atoms with van der Waals surface area (Å²) in [5, 5.41) is 3.38. The molecule has 9 heteroatoms. The van der Waals surface area contributed by atoms with Crippen molar-refractivity contribution >= 4 is 51.6 Å². The summed E-state index contributed by atoms with van der Waals surface area (Å²) in [5.41, 5.74) is 6.18. The lowest BCUT2D eigenvalue weighted by Crippen LogP contribution is -2.14. The Morgan fingerprint density at radius 1 is 1.28 bits per heavy atom. The van der Waals surface area contributed by atoms with E-state index in [-0.39, 0.29) is 17.0 Å². The molecule has 2 aromatic heterocycles. The van der Waals surface area contributed by atoms with Gasteiger partial charge >= 0.3 is 0 Å². The van der Waals surface area contributed by atoms with Crippen molar-refractivity contribution in [2.45, 2.75) is 0 Å². The van der Waals surface area contributed by atoms with Crippen LogP contribution < -0.4 is 11.1 Å². The summed E-state index contributed by atoms with van der Waals surface area (Å²) >= 11 is 7.95. The number of aromatic nitrogens is 3. The van der Waals surface area contributed by atoms with Gasteiger partial charge in [0.15, 0.2) is 5.82 Å². The minimum atomic E-state index is -0.624. The van der Waals surface area contributed by atoms with E-state index in [4.69, 9.17) is 17.3 Å². The van der Waals surface area contributed by atoms with Gasteiger partial charge in [-0.2, -0.15) is 0 Å². The molecule has 0 bridgehead atoms. The van der Waals surface area contributed by atoms with Gasteiger partial charge in [-0.15, -0.1) is 0 Å². The third kappa shape index (κ3) is 3.85. The molecule has 0 spiro atoms. The topological polar surface area (TPSA) is 93.8 Å². The van der Waals surface area contributed by atoms with Crippen LogP contribution in [0.4, 0.5) is 15.9 Å².